The van der Waals surface area contributed by atoms with Crippen molar-refractivity contribution < 1.29 is 0 Å². The van der Waals surface area contributed by atoms with Crippen LogP contribution in [0.5, 0.6) is 0 Å². The lowest BCUT2D eigenvalue weighted by Crippen LogP contribution is -2.54. The minimum atomic E-state index is 0.786. The van der Waals surface area contributed by atoms with Gasteiger partial charge in [0.15, 0.2) is 0 Å². The maximum Gasteiger partial charge on any atom is 0.0223 e. The Kier molecular flexibility index (Phi) is 5.97. The molecule has 0 radical (unpaired) electrons. The molecule has 18 heavy (non-hydrogen) atoms. The second kappa shape index (κ2) is 7.49. The number of rotatable bonds is 5. The molecule has 1 atom stereocenters. The first-order valence-corrected chi connectivity index (χ1v) is 8.29. The number of nitrogens with zero attached hydrogens (tertiary/aromatic N) is 1. The maximum atomic E-state index is 3.79. The Bertz CT molecular complexity index is 219. The molecule has 106 valence electrons. The molecule has 2 nitrogen and oxygen atoms in total. The third-order valence-electron chi connectivity index (χ3n) is 5.18. The maximum absolute atomic E-state index is 3.79. The van der Waals surface area contributed by atoms with E-state index in [-0.39, 0.29) is 0 Å². The Hall–Kier alpha value is -0.0800. The molecule has 1 unspecified atom stereocenters. The minimum Gasteiger partial charge on any atom is -0.311 e. The van der Waals surface area contributed by atoms with Crippen molar-refractivity contribution in [1.29, 1.82) is 0 Å². The van der Waals surface area contributed by atoms with E-state index in [0.29, 0.717) is 0 Å². The topological polar surface area (TPSA) is 15.3 Å². The summed E-state index contributed by atoms with van der Waals surface area (Å²) in [5.41, 5.74) is 0. The number of hydrogen-bond acceptors (Lipinski definition) is 2. The van der Waals surface area contributed by atoms with E-state index in [9.17, 15) is 0 Å². The molecule has 1 aliphatic heterocycles. The van der Waals surface area contributed by atoms with Crippen LogP contribution >= 0.6 is 0 Å². The van der Waals surface area contributed by atoms with Gasteiger partial charge in [-0.2, -0.15) is 0 Å². The fraction of sp³-hybridized carbons (Fsp3) is 1.00. The van der Waals surface area contributed by atoms with Gasteiger partial charge in [0.05, 0.1) is 0 Å². The SMILES string of the molecule is CCC(CC)CN1CCNC(C2CCCCC2)C1. The highest BCUT2D eigenvalue weighted by Crippen LogP contribution is 2.28. The van der Waals surface area contributed by atoms with Gasteiger partial charge in [-0.15, -0.1) is 0 Å². The molecule has 2 aliphatic rings. The lowest BCUT2D eigenvalue weighted by molar-refractivity contribution is 0.128. The van der Waals surface area contributed by atoms with Gasteiger partial charge < -0.3 is 10.2 Å². The summed E-state index contributed by atoms with van der Waals surface area (Å²) in [6.45, 7) is 9.80. The van der Waals surface area contributed by atoms with Crippen molar-refractivity contribution in [2.24, 2.45) is 11.8 Å². The van der Waals surface area contributed by atoms with Crippen LogP contribution in [0.25, 0.3) is 0 Å². The van der Waals surface area contributed by atoms with Crippen LogP contribution in [0.1, 0.15) is 58.8 Å². The molecule has 1 N–H and O–H groups in total. The van der Waals surface area contributed by atoms with Crippen molar-refractivity contribution >= 4 is 0 Å². The number of nitrogens with one attached hydrogen (secondary N) is 1. The number of piperazine rings is 1. The predicted molar refractivity (Wildman–Crippen MR) is 78.9 cm³/mol. The molecule has 1 heterocycles. The molecule has 1 aliphatic carbocycles. The van der Waals surface area contributed by atoms with Crippen molar-refractivity contribution in [2.75, 3.05) is 26.2 Å². The van der Waals surface area contributed by atoms with Crippen molar-refractivity contribution in [3.05, 3.63) is 0 Å². The monoisotopic (exact) mass is 252 g/mol. The lowest BCUT2D eigenvalue weighted by atomic mass is 9.83. The molecule has 0 bridgehead atoms. The Morgan fingerprint density at radius 2 is 1.83 bits per heavy atom. The van der Waals surface area contributed by atoms with Gasteiger partial charge in [0.25, 0.3) is 0 Å². The van der Waals surface area contributed by atoms with Gasteiger partial charge >= 0.3 is 0 Å². The fourth-order valence-electron chi connectivity index (χ4n) is 3.77. The Balaban J connectivity index is 1.80. The van der Waals surface area contributed by atoms with Gasteiger partial charge in [0.1, 0.15) is 0 Å². The van der Waals surface area contributed by atoms with Crippen molar-refractivity contribution in [1.82, 2.24) is 10.2 Å². The summed E-state index contributed by atoms with van der Waals surface area (Å²) >= 11 is 0. The largest absolute Gasteiger partial charge is 0.311 e. The average molecular weight is 252 g/mol. The summed E-state index contributed by atoms with van der Waals surface area (Å²) in [6.07, 6.45) is 10.0. The van der Waals surface area contributed by atoms with Crippen molar-refractivity contribution in [3.8, 4) is 0 Å². The van der Waals surface area contributed by atoms with Crippen LogP contribution in [0.4, 0.5) is 0 Å². The molecule has 0 spiro atoms. The zero-order chi connectivity index (χ0) is 12.8. The van der Waals surface area contributed by atoms with Crippen LogP contribution in [0, 0.1) is 11.8 Å². The second-order valence-corrected chi connectivity index (χ2v) is 6.40. The normalized spacial score (nSPS) is 27.8. The van der Waals surface area contributed by atoms with Crippen molar-refractivity contribution in [3.63, 3.8) is 0 Å². The van der Waals surface area contributed by atoms with Crippen LogP contribution in [0.15, 0.2) is 0 Å². The third kappa shape index (κ3) is 3.96. The summed E-state index contributed by atoms with van der Waals surface area (Å²) in [6, 6.07) is 0.786. The second-order valence-electron chi connectivity index (χ2n) is 6.40. The zero-order valence-electron chi connectivity index (χ0n) is 12.5. The van der Waals surface area contributed by atoms with Crippen LogP contribution < -0.4 is 5.32 Å². The van der Waals surface area contributed by atoms with E-state index in [1.807, 2.05) is 0 Å². The zero-order valence-corrected chi connectivity index (χ0v) is 12.5. The van der Waals surface area contributed by atoms with E-state index in [1.165, 1.54) is 71.1 Å². The van der Waals surface area contributed by atoms with Gasteiger partial charge in [-0.05, 0) is 24.7 Å². The summed E-state index contributed by atoms with van der Waals surface area (Å²) in [5, 5.41) is 3.79. The standard InChI is InChI=1S/C16H32N2/c1-3-14(4-2)12-18-11-10-17-16(13-18)15-8-6-5-7-9-15/h14-17H,3-13H2,1-2H3. The van der Waals surface area contributed by atoms with Gasteiger partial charge in [0, 0.05) is 32.2 Å². The molecule has 1 saturated heterocycles. The summed E-state index contributed by atoms with van der Waals surface area (Å²) < 4.78 is 0. The van der Waals surface area contributed by atoms with Crippen molar-refractivity contribution in [2.45, 2.75) is 64.8 Å². The van der Waals surface area contributed by atoms with E-state index >= 15 is 0 Å². The Morgan fingerprint density at radius 3 is 2.50 bits per heavy atom. The lowest BCUT2D eigenvalue weighted by Gasteiger charge is -2.40. The van der Waals surface area contributed by atoms with E-state index in [0.717, 1.165) is 17.9 Å². The predicted octanol–water partition coefficient (Wildman–Crippen LogP) is 3.28. The van der Waals surface area contributed by atoms with Gasteiger partial charge in [-0.1, -0.05) is 46.0 Å². The van der Waals surface area contributed by atoms with Crippen LogP contribution in [-0.2, 0) is 0 Å². The first kappa shape index (κ1) is 14.3. The van der Waals surface area contributed by atoms with E-state index < -0.39 is 0 Å². The molecule has 0 aromatic rings. The Morgan fingerprint density at radius 1 is 1.11 bits per heavy atom. The van der Waals surface area contributed by atoms with Crippen LogP contribution in [-0.4, -0.2) is 37.1 Å². The summed E-state index contributed by atoms with van der Waals surface area (Å²) in [4.78, 5) is 2.73. The summed E-state index contributed by atoms with van der Waals surface area (Å²) in [5.74, 6) is 1.87. The third-order valence-corrected chi connectivity index (χ3v) is 5.18. The molecule has 2 fully saturated rings. The van der Waals surface area contributed by atoms with Crippen LogP contribution in [0.2, 0.25) is 0 Å². The highest BCUT2D eigenvalue weighted by atomic mass is 15.2. The van der Waals surface area contributed by atoms with Gasteiger partial charge in [-0.25, -0.2) is 0 Å². The molecule has 0 aromatic carbocycles. The smallest absolute Gasteiger partial charge is 0.0223 e. The molecule has 2 heteroatoms. The number of hydrogen-bond donors (Lipinski definition) is 1. The quantitative estimate of drug-likeness (QED) is 0.808. The fourth-order valence-corrected chi connectivity index (χ4v) is 3.77. The molecular formula is C16H32N2. The molecule has 1 saturated carbocycles. The Labute approximate surface area is 114 Å². The first-order valence-electron chi connectivity index (χ1n) is 8.29. The highest BCUT2D eigenvalue weighted by Gasteiger charge is 2.28. The van der Waals surface area contributed by atoms with Crippen LogP contribution in [0.3, 0.4) is 0 Å². The highest BCUT2D eigenvalue weighted by molar-refractivity contribution is 4.86. The van der Waals surface area contributed by atoms with E-state index in [1.54, 1.807) is 0 Å². The first-order chi connectivity index (χ1) is 8.83. The van der Waals surface area contributed by atoms with Gasteiger partial charge in [0.2, 0.25) is 0 Å². The summed E-state index contributed by atoms with van der Waals surface area (Å²) in [7, 11) is 0. The van der Waals surface area contributed by atoms with E-state index in [2.05, 4.69) is 24.1 Å². The molecule has 0 aromatic heterocycles. The average Bonchev–Trinajstić information content (AvgIpc) is 2.46. The molecule has 2 rings (SSSR count). The van der Waals surface area contributed by atoms with E-state index in [4.69, 9.17) is 0 Å². The minimum absolute atomic E-state index is 0.786. The molecular weight excluding hydrogens is 220 g/mol. The van der Waals surface area contributed by atoms with Gasteiger partial charge in [-0.3, -0.25) is 0 Å². The molecule has 0 amide bonds.